The van der Waals surface area contributed by atoms with E-state index in [-0.39, 0.29) is 30.6 Å². The van der Waals surface area contributed by atoms with Crippen LogP contribution in [0.1, 0.15) is 57.0 Å². The molecular weight excluding hydrogens is 480 g/mol. The number of alkyl halides is 1. The number of fused-ring (bicyclic) bond motifs is 1. The van der Waals surface area contributed by atoms with E-state index in [0.29, 0.717) is 56.9 Å². The minimum absolute atomic E-state index is 0.0412. The third-order valence-electron chi connectivity index (χ3n) is 7.48. The number of piperidine rings is 2. The van der Waals surface area contributed by atoms with E-state index in [9.17, 15) is 14.3 Å². The second-order valence-corrected chi connectivity index (χ2v) is 10.7. The molecule has 1 amide bonds. The van der Waals surface area contributed by atoms with Crippen molar-refractivity contribution >= 4 is 22.9 Å². The SMILES string of the molecule is CC(C)(O)c1nc2cc(F)ccc2n1C1CCN(C(=O)C2(F)CCN(Cc3cnc(N)nc3)CC2)CC1. The molecule has 0 aliphatic carbocycles. The summed E-state index contributed by atoms with van der Waals surface area (Å²) in [6, 6.07) is 4.37. The smallest absolute Gasteiger partial charge is 0.260 e. The van der Waals surface area contributed by atoms with Crippen LogP contribution >= 0.6 is 0 Å². The quantitative estimate of drug-likeness (QED) is 0.539. The number of amides is 1. The molecule has 3 N–H and O–H groups in total. The van der Waals surface area contributed by atoms with Crippen LogP contribution in [-0.2, 0) is 16.9 Å². The summed E-state index contributed by atoms with van der Waals surface area (Å²) >= 11 is 0. The number of likely N-dealkylation sites (tertiary alicyclic amines) is 2. The third kappa shape index (κ3) is 5.15. The Kier molecular flexibility index (Phi) is 6.61. The van der Waals surface area contributed by atoms with Gasteiger partial charge in [0, 0.05) is 75.6 Å². The molecule has 0 atom stereocenters. The number of nitrogen functional groups attached to an aromatic ring is 1. The van der Waals surface area contributed by atoms with Crippen molar-refractivity contribution in [2.24, 2.45) is 0 Å². The van der Waals surface area contributed by atoms with Gasteiger partial charge in [0.25, 0.3) is 5.91 Å². The van der Waals surface area contributed by atoms with E-state index in [1.165, 1.54) is 12.1 Å². The summed E-state index contributed by atoms with van der Waals surface area (Å²) in [5, 5.41) is 10.7. The third-order valence-corrected chi connectivity index (χ3v) is 7.48. The normalized spacial score (nSPS) is 19.4. The highest BCUT2D eigenvalue weighted by molar-refractivity contribution is 5.85. The number of halogens is 2. The predicted molar refractivity (Wildman–Crippen MR) is 135 cm³/mol. The van der Waals surface area contributed by atoms with E-state index in [1.54, 1.807) is 37.2 Å². The summed E-state index contributed by atoms with van der Waals surface area (Å²) < 4.78 is 31.6. The van der Waals surface area contributed by atoms with Crippen molar-refractivity contribution in [3.63, 3.8) is 0 Å². The average molecular weight is 514 g/mol. The second kappa shape index (κ2) is 9.60. The van der Waals surface area contributed by atoms with Crippen LogP contribution in [0, 0.1) is 5.82 Å². The van der Waals surface area contributed by atoms with E-state index in [0.717, 1.165) is 11.1 Å². The van der Waals surface area contributed by atoms with Crippen LogP contribution < -0.4 is 5.73 Å². The first kappa shape index (κ1) is 25.5. The number of rotatable bonds is 5. The first-order valence-electron chi connectivity index (χ1n) is 12.7. The molecule has 0 saturated carbocycles. The summed E-state index contributed by atoms with van der Waals surface area (Å²) in [6.07, 6.45) is 4.80. The lowest BCUT2D eigenvalue weighted by Crippen LogP contribution is -2.54. The van der Waals surface area contributed by atoms with Crippen molar-refractivity contribution in [2.45, 2.75) is 63.4 Å². The fourth-order valence-corrected chi connectivity index (χ4v) is 5.47. The molecule has 9 nitrogen and oxygen atoms in total. The van der Waals surface area contributed by atoms with Crippen LogP contribution in [0.2, 0.25) is 0 Å². The van der Waals surface area contributed by atoms with Gasteiger partial charge in [-0.3, -0.25) is 9.69 Å². The Morgan fingerprint density at radius 1 is 1.16 bits per heavy atom. The number of hydrogen-bond acceptors (Lipinski definition) is 7. The number of aliphatic hydroxyl groups is 1. The zero-order valence-electron chi connectivity index (χ0n) is 21.2. The van der Waals surface area contributed by atoms with Crippen molar-refractivity contribution in [3.05, 3.63) is 47.8 Å². The molecule has 11 heteroatoms. The molecule has 2 fully saturated rings. The number of hydrogen-bond donors (Lipinski definition) is 2. The molecule has 2 aliphatic rings. The van der Waals surface area contributed by atoms with Crippen molar-refractivity contribution in [3.8, 4) is 0 Å². The molecule has 0 radical (unpaired) electrons. The minimum Gasteiger partial charge on any atom is -0.383 e. The van der Waals surface area contributed by atoms with Gasteiger partial charge in [-0.05, 0) is 38.8 Å². The summed E-state index contributed by atoms with van der Waals surface area (Å²) in [7, 11) is 0. The van der Waals surface area contributed by atoms with Crippen molar-refractivity contribution in [1.29, 1.82) is 0 Å². The largest absolute Gasteiger partial charge is 0.383 e. The van der Waals surface area contributed by atoms with Crippen LogP contribution in [0.25, 0.3) is 11.0 Å². The van der Waals surface area contributed by atoms with Gasteiger partial charge in [0.1, 0.15) is 17.2 Å². The van der Waals surface area contributed by atoms with Crippen LogP contribution in [-0.4, -0.2) is 72.2 Å². The standard InChI is InChI=1S/C26H33F2N7O2/c1-25(2,37)22-32-20-13-18(27)3-4-21(20)35(22)19-5-9-34(10-6-19)23(36)26(28)7-11-33(12-8-26)16-17-14-30-24(29)31-15-17/h3-4,13-15,19,37H,5-12,16H2,1-2H3,(H2,29,30,31). The number of imidazole rings is 1. The van der Waals surface area contributed by atoms with Gasteiger partial charge in [-0.1, -0.05) is 0 Å². The fourth-order valence-electron chi connectivity index (χ4n) is 5.47. The highest BCUT2D eigenvalue weighted by Gasteiger charge is 2.45. The lowest BCUT2D eigenvalue weighted by Gasteiger charge is -2.41. The maximum atomic E-state index is 15.8. The van der Waals surface area contributed by atoms with Crippen LogP contribution in [0.5, 0.6) is 0 Å². The number of nitrogens with two attached hydrogens (primary N) is 1. The molecule has 1 aromatic carbocycles. The summed E-state index contributed by atoms with van der Waals surface area (Å²) in [5.41, 5.74) is 4.55. The van der Waals surface area contributed by atoms with Gasteiger partial charge in [0.2, 0.25) is 5.95 Å². The number of anilines is 1. The highest BCUT2D eigenvalue weighted by atomic mass is 19.1. The maximum Gasteiger partial charge on any atom is 0.260 e. The molecule has 37 heavy (non-hydrogen) atoms. The molecule has 198 valence electrons. The Bertz CT molecular complexity index is 1270. The fraction of sp³-hybridized carbons (Fsp3) is 0.538. The average Bonchev–Trinajstić information content (AvgIpc) is 3.26. The van der Waals surface area contributed by atoms with E-state index in [2.05, 4.69) is 19.9 Å². The molecule has 0 unspecified atom stereocenters. The maximum absolute atomic E-state index is 15.8. The van der Waals surface area contributed by atoms with E-state index in [1.807, 2.05) is 4.57 Å². The van der Waals surface area contributed by atoms with Crippen LogP contribution in [0.15, 0.2) is 30.6 Å². The Labute approximate surface area is 214 Å². The number of carbonyl (C=O) groups excluding carboxylic acids is 1. The summed E-state index contributed by atoms with van der Waals surface area (Å²) in [6.45, 7) is 5.65. The Balaban J connectivity index is 1.23. The Morgan fingerprint density at radius 3 is 2.43 bits per heavy atom. The van der Waals surface area contributed by atoms with Gasteiger partial charge >= 0.3 is 0 Å². The van der Waals surface area contributed by atoms with Gasteiger partial charge in [0.15, 0.2) is 5.67 Å². The van der Waals surface area contributed by atoms with Crippen molar-refractivity contribution in [2.75, 3.05) is 31.9 Å². The highest BCUT2D eigenvalue weighted by Crippen LogP contribution is 2.35. The summed E-state index contributed by atoms with van der Waals surface area (Å²) in [4.78, 5) is 29.5. The van der Waals surface area contributed by atoms with Crippen LogP contribution in [0.4, 0.5) is 14.7 Å². The van der Waals surface area contributed by atoms with Crippen molar-refractivity contribution in [1.82, 2.24) is 29.3 Å². The summed E-state index contributed by atoms with van der Waals surface area (Å²) in [5.74, 6) is -0.160. The number of carbonyl (C=O) groups is 1. The van der Waals surface area contributed by atoms with E-state index in [4.69, 9.17) is 5.73 Å². The molecule has 2 aliphatic heterocycles. The number of benzene rings is 1. The molecule has 4 heterocycles. The molecule has 2 saturated heterocycles. The van der Waals surface area contributed by atoms with Gasteiger partial charge in [-0.25, -0.2) is 23.7 Å². The first-order valence-corrected chi connectivity index (χ1v) is 12.7. The van der Waals surface area contributed by atoms with Gasteiger partial charge in [-0.15, -0.1) is 0 Å². The molecule has 5 rings (SSSR count). The molecule has 0 bridgehead atoms. The zero-order chi connectivity index (χ0) is 26.4. The molecule has 0 spiro atoms. The lowest BCUT2D eigenvalue weighted by molar-refractivity contribution is -0.149. The molecule has 3 aromatic rings. The van der Waals surface area contributed by atoms with E-state index < -0.39 is 17.2 Å². The van der Waals surface area contributed by atoms with Gasteiger partial charge in [-0.2, -0.15) is 0 Å². The zero-order valence-corrected chi connectivity index (χ0v) is 21.2. The first-order chi connectivity index (χ1) is 17.5. The molecular formula is C26H33F2N7O2. The number of aromatic nitrogens is 4. The second-order valence-electron chi connectivity index (χ2n) is 10.7. The predicted octanol–water partition coefficient (Wildman–Crippen LogP) is 2.94. The Hall–Kier alpha value is -3.18. The van der Waals surface area contributed by atoms with E-state index >= 15 is 4.39 Å². The van der Waals surface area contributed by atoms with Crippen LogP contribution in [0.3, 0.4) is 0 Å². The molecule has 2 aromatic heterocycles. The van der Waals surface area contributed by atoms with Gasteiger partial charge in [0.05, 0.1) is 11.0 Å². The number of nitrogens with zero attached hydrogens (tertiary/aromatic N) is 6. The van der Waals surface area contributed by atoms with Crippen molar-refractivity contribution < 1.29 is 18.7 Å². The van der Waals surface area contributed by atoms with Gasteiger partial charge < -0.3 is 20.3 Å². The lowest BCUT2D eigenvalue weighted by atomic mass is 9.90. The topological polar surface area (TPSA) is 113 Å². The monoisotopic (exact) mass is 513 g/mol. The minimum atomic E-state index is -1.88. The Morgan fingerprint density at radius 2 is 1.81 bits per heavy atom.